The number of pyridine rings is 1. The van der Waals surface area contributed by atoms with Crippen molar-refractivity contribution in [1.82, 2.24) is 50.4 Å². The second-order valence-corrected chi connectivity index (χ2v) is 25.7. The smallest absolute Gasteiger partial charge is 0.271 e. The van der Waals surface area contributed by atoms with Gasteiger partial charge in [-0.2, -0.15) is 0 Å². The summed E-state index contributed by atoms with van der Waals surface area (Å²) in [7, 11) is 0. The number of ketones is 1. The van der Waals surface area contributed by atoms with E-state index in [0.717, 1.165) is 45.3 Å². The zero-order chi connectivity index (χ0) is 60.7. The number of aryl methyl sites for hydroxylation is 1. The first-order valence-corrected chi connectivity index (χ1v) is 31.5. The number of phenols is 1. The molecule has 9 heterocycles. The number of hydrogen-bond donors (Lipinski definition) is 9. The molecule has 0 spiro atoms. The largest absolute Gasteiger partial charge is 0.506 e. The summed E-state index contributed by atoms with van der Waals surface area (Å²) in [4.78, 5) is 131. The van der Waals surface area contributed by atoms with Crippen molar-refractivity contribution in [3.8, 4) is 49.1 Å². The molecule has 2 aromatic carbocycles. The Kier molecular flexibility index (Phi) is 17.1. The van der Waals surface area contributed by atoms with Crippen LogP contribution >= 0.6 is 68.0 Å². The Hall–Kier alpha value is -8.46. The fraction of sp³-hybridized carbons (Fsp3) is 0.250. The van der Waals surface area contributed by atoms with Crippen molar-refractivity contribution < 1.29 is 54.0 Å². The number of fused-ring (bicyclic) bond motifs is 16. The number of rotatable bonds is 10. The second kappa shape index (κ2) is 24.9. The van der Waals surface area contributed by atoms with Crippen LogP contribution in [0, 0.1) is 12.8 Å². The number of hydrogen-bond acceptors (Lipinski definition) is 24. The van der Waals surface area contributed by atoms with Crippen LogP contribution in [0.3, 0.4) is 0 Å². The molecule has 10 bridgehead atoms. The fourth-order valence-corrected chi connectivity index (χ4v) is 15.3. The Labute approximate surface area is 511 Å². The number of nitrogens with two attached hydrogens (primary N) is 2. The highest BCUT2D eigenvalue weighted by molar-refractivity contribution is 7.15. The average Bonchev–Trinajstić information content (AvgIpc) is 3.38. The molecule has 7 aromatic heterocycles. The van der Waals surface area contributed by atoms with Crippen LogP contribution in [-0.2, 0) is 20.8 Å². The number of anilines is 1. The molecular weight excluding hydrogens is 1220 g/mol. The molecule has 0 unspecified atom stereocenters. The van der Waals surface area contributed by atoms with Crippen molar-refractivity contribution in [3.63, 3.8) is 0 Å². The van der Waals surface area contributed by atoms with Gasteiger partial charge >= 0.3 is 0 Å². The SMILES string of the molecule is Cc1sc2nc1C(=O)C[C@@H]([C@H](O)c1ccccc1)c1nc(cs1)C(=O)N[C@@H](Cc1ccc(O)c(NC(=O)CO)c1)C(=O)N1C[C@H](O)[C@H](C)[C@H]1c1nc(cs1)-c1nc(cs1)-c1nc(-c3nc(C(N)=O)cs3)ccc1-c1nc(cs1)C(=O)N[C@H]2CC(N)=O. The van der Waals surface area contributed by atoms with Gasteiger partial charge in [-0.25, -0.2) is 34.9 Å². The summed E-state index contributed by atoms with van der Waals surface area (Å²) < 4.78 is 0. The van der Waals surface area contributed by atoms with Gasteiger partial charge in [-0.05, 0) is 42.3 Å². The third-order valence-corrected chi connectivity index (χ3v) is 19.9. The average molecular weight is 1270 g/mol. The molecule has 1 saturated heterocycles. The number of primary amides is 2. The van der Waals surface area contributed by atoms with Crippen molar-refractivity contribution in [2.24, 2.45) is 17.4 Å². The van der Waals surface area contributed by atoms with Gasteiger partial charge in [-0.3, -0.25) is 33.6 Å². The quantitative estimate of drug-likeness (QED) is 0.0688. The number of carbonyl (C=O) groups is 7. The topological polar surface area (TPSA) is 382 Å². The van der Waals surface area contributed by atoms with E-state index in [-0.39, 0.29) is 63.6 Å². The van der Waals surface area contributed by atoms with Crippen LogP contribution in [0.25, 0.3) is 43.4 Å². The van der Waals surface area contributed by atoms with Crippen LogP contribution < -0.4 is 27.4 Å². The van der Waals surface area contributed by atoms with E-state index in [2.05, 4.69) is 30.9 Å². The van der Waals surface area contributed by atoms with Crippen molar-refractivity contribution >= 4 is 115 Å². The number of thiazole rings is 6. The Morgan fingerprint density at radius 3 is 2.14 bits per heavy atom. The summed E-state index contributed by atoms with van der Waals surface area (Å²) in [5, 5.41) is 61.8. The molecule has 1 fully saturated rings. The number of carbonyl (C=O) groups excluding carboxylic acids is 7. The first-order chi connectivity index (χ1) is 41.3. The zero-order valence-electron chi connectivity index (χ0n) is 45.1. The number of amides is 6. The van der Waals surface area contributed by atoms with Crippen molar-refractivity contribution in [2.75, 3.05) is 18.5 Å². The molecule has 7 atom stereocenters. The highest BCUT2D eigenvalue weighted by atomic mass is 32.1. The number of aromatic hydroxyl groups is 1. The molecule has 2 aliphatic rings. The third-order valence-electron chi connectivity index (χ3n) is 14.3. The Balaban J connectivity index is 1.02. The summed E-state index contributed by atoms with van der Waals surface area (Å²) in [6, 6.07) is 12.8. The highest BCUT2D eigenvalue weighted by Gasteiger charge is 2.45. The molecule has 0 aliphatic carbocycles. The molecule has 0 radical (unpaired) electrons. The van der Waals surface area contributed by atoms with Crippen molar-refractivity contribution in [2.45, 2.75) is 69.4 Å². The number of nitrogens with zero attached hydrogens (tertiary/aromatic N) is 8. The number of phenolic OH excluding ortho intramolecular Hbond substituents is 1. The molecule has 6 amide bonds. The van der Waals surface area contributed by atoms with Gasteiger partial charge in [0.1, 0.15) is 83.3 Å². The van der Waals surface area contributed by atoms with Gasteiger partial charge in [0, 0.05) is 68.6 Å². The lowest BCUT2D eigenvalue weighted by Gasteiger charge is -2.29. The van der Waals surface area contributed by atoms with Crippen molar-refractivity contribution in [3.05, 3.63) is 141 Å². The number of aliphatic hydroxyl groups excluding tert-OH is 3. The normalized spacial score (nSPS) is 19.5. The first-order valence-electron chi connectivity index (χ1n) is 26.2. The van der Waals surface area contributed by atoms with E-state index in [1.54, 1.807) is 67.1 Å². The summed E-state index contributed by atoms with van der Waals surface area (Å²) in [6.45, 7) is 2.38. The van der Waals surface area contributed by atoms with Gasteiger partial charge in [0.15, 0.2) is 5.78 Å². The molecule has 86 heavy (non-hydrogen) atoms. The van der Waals surface area contributed by atoms with Crippen LogP contribution in [0.5, 0.6) is 5.75 Å². The van der Waals surface area contributed by atoms with E-state index < -0.39 is 96.4 Å². The molecule has 0 saturated carbocycles. The minimum absolute atomic E-state index is 0.00567. The lowest BCUT2D eigenvalue weighted by molar-refractivity contribution is -0.134. The Morgan fingerprint density at radius 2 is 1.40 bits per heavy atom. The maximum atomic E-state index is 15.3. The van der Waals surface area contributed by atoms with Crippen LogP contribution in [-0.4, -0.2) is 127 Å². The van der Waals surface area contributed by atoms with Crippen LogP contribution in [0.1, 0.15) is 117 Å². The lowest BCUT2D eigenvalue weighted by Crippen LogP contribution is -2.50. The summed E-state index contributed by atoms with van der Waals surface area (Å²) in [5.74, 6) is -6.95. The number of nitrogens with one attached hydrogen (secondary N) is 3. The highest BCUT2D eigenvalue weighted by Crippen LogP contribution is 2.43. The van der Waals surface area contributed by atoms with E-state index in [4.69, 9.17) is 31.4 Å². The fourth-order valence-electron chi connectivity index (χ4n) is 9.94. The van der Waals surface area contributed by atoms with Gasteiger partial charge in [-0.1, -0.05) is 43.3 Å². The summed E-state index contributed by atoms with van der Waals surface area (Å²) in [6.07, 6.45) is -3.39. The van der Waals surface area contributed by atoms with Crippen LogP contribution in [0.2, 0.25) is 0 Å². The van der Waals surface area contributed by atoms with E-state index in [1.165, 1.54) is 61.9 Å². The van der Waals surface area contributed by atoms with Gasteiger partial charge in [0.2, 0.25) is 17.7 Å². The zero-order valence-corrected chi connectivity index (χ0v) is 50.0. The predicted octanol–water partition coefficient (Wildman–Crippen LogP) is 6.20. The van der Waals surface area contributed by atoms with E-state index >= 15 is 4.79 Å². The van der Waals surface area contributed by atoms with Crippen LogP contribution in [0.15, 0.2) is 87.6 Å². The minimum atomic E-state index is -1.40. The maximum Gasteiger partial charge on any atom is 0.271 e. The van der Waals surface area contributed by atoms with E-state index in [1.807, 2.05) is 0 Å². The minimum Gasteiger partial charge on any atom is -0.506 e. The molecule has 11 rings (SSSR count). The standard InChI is InChI=1S/C56H49N13O11S6/c1-23-40(73)16-69-45(23)55-67-37(22-85-55)53-63-33(18-83-53)44-27(9-10-29(60-44)52-64-34(19-84-52)47(58)77)50-65-35(20-81-50)48(78)61-31(15-41(57)74)54-68-43(24(2)86-54)39(72)14-28(46(76)26-6-4-3-5-7-26)51-66-36(21-82-51)49(79)62-32(56(69)80)13-25-8-11-38(71)30(12-25)59-42(75)17-70/h3-12,18-23,28,31-32,40,45-46,70-71,73,76H,13-17H2,1-2H3,(H2,57,74)(H2,58,77)(H,59,75)(H,61,78)(H,62,79)/t23-,28-,31-,32-,40-,45-,46+/m0/s1. The number of aliphatic hydroxyl groups is 3. The van der Waals surface area contributed by atoms with E-state index in [9.17, 15) is 49.2 Å². The first kappa shape index (κ1) is 59.3. The maximum absolute atomic E-state index is 15.3. The van der Waals surface area contributed by atoms with Gasteiger partial charge < -0.3 is 52.7 Å². The predicted molar refractivity (Wildman–Crippen MR) is 322 cm³/mol. The van der Waals surface area contributed by atoms with Gasteiger partial charge in [-0.15, -0.1) is 68.0 Å². The lowest BCUT2D eigenvalue weighted by atomic mass is 9.90. The molecular formula is C56H49N13O11S6. The molecule has 24 nitrogen and oxygen atoms in total. The summed E-state index contributed by atoms with van der Waals surface area (Å²) in [5.41, 5.74) is 13.8. The summed E-state index contributed by atoms with van der Waals surface area (Å²) >= 11 is 6.82. The number of aromatic nitrogens is 7. The second-order valence-electron chi connectivity index (χ2n) is 20.1. The van der Waals surface area contributed by atoms with Gasteiger partial charge in [0.25, 0.3) is 17.7 Å². The van der Waals surface area contributed by atoms with Gasteiger partial charge in [0.05, 0.1) is 47.1 Å². The van der Waals surface area contributed by atoms with Crippen molar-refractivity contribution in [1.29, 1.82) is 0 Å². The molecule has 2 aliphatic heterocycles. The number of Topliss-reactive ketones (excluding diaryl/α,β-unsaturated/α-hetero) is 1. The molecule has 9 aromatic rings. The molecule has 30 heteroatoms. The van der Waals surface area contributed by atoms with E-state index in [0.29, 0.717) is 64.4 Å². The Bertz CT molecular complexity index is 4120. The Morgan fingerprint density at radius 1 is 0.733 bits per heavy atom. The van der Waals surface area contributed by atoms with Crippen LogP contribution in [0.4, 0.5) is 5.69 Å². The molecule has 11 N–H and O–H groups in total. The number of benzene rings is 2. The molecule has 440 valence electrons. The third kappa shape index (κ3) is 12.3. The monoisotopic (exact) mass is 1270 g/mol.